The number of hydrogen-bond acceptors (Lipinski definition) is 2. The van der Waals surface area contributed by atoms with Crippen LogP contribution in [0.2, 0.25) is 0 Å². The first-order valence-corrected chi connectivity index (χ1v) is 4.68. The molecule has 3 heteroatoms. The number of hydrogen-bond donors (Lipinski definition) is 1. The smallest absolute Gasteiger partial charge is 0.234 e. The van der Waals surface area contributed by atoms with Gasteiger partial charge in [0, 0.05) is 6.04 Å². The fourth-order valence-corrected chi connectivity index (χ4v) is 1.88. The number of piperidine rings is 1. The van der Waals surface area contributed by atoms with E-state index in [0.717, 1.165) is 19.4 Å². The van der Waals surface area contributed by atoms with Crippen LogP contribution >= 0.6 is 0 Å². The minimum Gasteiger partial charge on any atom is -0.368 e. The monoisotopic (exact) mass is 170 g/mol. The summed E-state index contributed by atoms with van der Waals surface area (Å²) < 4.78 is 0. The van der Waals surface area contributed by atoms with Crippen LogP contribution in [0.4, 0.5) is 0 Å². The number of amides is 1. The van der Waals surface area contributed by atoms with Crippen LogP contribution in [0.3, 0.4) is 0 Å². The van der Waals surface area contributed by atoms with Gasteiger partial charge in [0.1, 0.15) is 0 Å². The number of nitrogens with zero attached hydrogens (tertiary/aromatic N) is 1. The summed E-state index contributed by atoms with van der Waals surface area (Å²) in [7, 11) is 0. The molecular formula is C9H18N2O. The summed E-state index contributed by atoms with van der Waals surface area (Å²) in [5.74, 6) is -0.164. The number of nitrogens with two attached hydrogens (primary N) is 1. The van der Waals surface area contributed by atoms with Gasteiger partial charge in [-0.25, -0.2) is 0 Å². The predicted octanol–water partition coefficient (Wildman–Crippen LogP) is 0.735. The first-order valence-electron chi connectivity index (χ1n) is 4.68. The van der Waals surface area contributed by atoms with Crippen LogP contribution in [0, 0.1) is 0 Å². The molecule has 0 radical (unpaired) electrons. The fourth-order valence-electron chi connectivity index (χ4n) is 1.88. The van der Waals surface area contributed by atoms with Crippen molar-refractivity contribution in [2.75, 3.05) is 6.54 Å². The average molecular weight is 170 g/mol. The Morgan fingerprint density at radius 3 is 2.58 bits per heavy atom. The van der Waals surface area contributed by atoms with Crippen LogP contribution in [-0.2, 0) is 4.79 Å². The SMILES string of the molecule is CC(C)N1CCCC[C@@H]1C(N)=O. The van der Waals surface area contributed by atoms with Gasteiger partial charge in [-0.05, 0) is 33.2 Å². The number of primary amides is 1. The summed E-state index contributed by atoms with van der Waals surface area (Å²) in [4.78, 5) is 13.2. The summed E-state index contributed by atoms with van der Waals surface area (Å²) in [5.41, 5.74) is 5.31. The molecule has 1 fully saturated rings. The second-order valence-electron chi connectivity index (χ2n) is 3.75. The highest BCUT2D eigenvalue weighted by Crippen LogP contribution is 2.18. The Morgan fingerprint density at radius 1 is 1.50 bits per heavy atom. The van der Waals surface area contributed by atoms with Crippen LogP contribution in [0.25, 0.3) is 0 Å². The molecule has 0 spiro atoms. The van der Waals surface area contributed by atoms with E-state index in [-0.39, 0.29) is 11.9 Å². The zero-order valence-corrected chi connectivity index (χ0v) is 7.92. The van der Waals surface area contributed by atoms with Gasteiger partial charge in [-0.1, -0.05) is 6.42 Å². The Balaban J connectivity index is 2.60. The molecule has 0 aromatic heterocycles. The zero-order chi connectivity index (χ0) is 9.14. The Labute approximate surface area is 73.9 Å². The van der Waals surface area contributed by atoms with E-state index >= 15 is 0 Å². The third kappa shape index (κ3) is 1.97. The Morgan fingerprint density at radius 2 is 2.17 bits per heavy atom. The van der Waals surface area contributed by atoms with Crippen molar-refractivity contribution in [1.82, 2.24) is 4.90 Å². The van der Waals surface area contributed by atoms with Gasteiger partial charge in [-0.3, -0.25) is 9.69 Å². The topological polar surface area (TPSA) is 46.3 Å². The number of likely N-dealkylation sites (tertiary alicyclic amines) is 1. The Kier molecular flexibility index (Phi) is 3.09. The minimum absolute atomic E-state index is 0.0150. The molecule has 0 saturated carbocycles. The van der Waals surface area contributed by atoms with E-state index in [9.17, 15) is 4.79 Å². The van der Waals surface area contributed by atoms with Crippen molar-refractivity contribution in [3.8, 4) is 0 Å². The van der Waals surface area contributed by atoms with E-state index in [1.165, 1.54) is 6.42 Å². The average Bonchev–Trinajstić information content (AvgIpc) is 2.04. The van der Waals surface area contributed by atoms with Gasteiger partial charge in [0.25, 0.3) is 0 Å². The third-order valence-corrected chi connectivity index (χ3v) is 2.54. The van der Waals surface area contributed by atoms with Gasteiger partial charge in [-0.2, -0.15) is 0 Å². The Hall–Kier alpha value is -0.570. The molecule has 12 heavy (non-hydrogen) atoms. The molecule has 1 aliphatic rings. The molecule has 70 valence electrons. The maximum atomic E-state index is 11.0. The van der Waals surface area contributed by atoms with E-state index in [0.29, 0.717) is 6.04 Å². The molecule has 0 aromatic rings. The van der Waals surface area contributed by atoms with Crippen molar-refractivity contribution in [3.05, 3.63) is 0 Å². The van der Waals surface area contributed by atoms with Crippen LogP contribution in [0.5, 0.6) is 0 Å². The van der Waals surface area contributed by atoms with Crippen molar-refractivity contribution in [1.29, 1.82) is 0 Å². The van der Waals surface area contributed by atoms with Gasteiger partial charge >= 0.3 is 0 Å². The van der Waals surface area contributed by atoms with Crippen LogP contribution < -0.4 is 5.73 Å². The highest BCUT2D eigenvalue weighted by atomic mass is 16.1. The first kappa shape index (κ1) is 9.52. The maximum absolute atomic E-state index is 11.0. The number of carbonyl (C=O) groups excluding carboxylic acids is 1. The van der Waals surface area contributed by atoms with Gasteiger partial charge < -0.3 is 5.73 Å². The normalized spacial score (nSPS) is 26.1. The molecule has 1 heterocycles. The van der Waals surface area contributed by atoms with Gasteiger partial charge in [-0.15, -0.1) is 0 Å². The molecule has 3 nitrogen and oxygen atoms in total. The quantitative estimate of drug-likeness (QED) is 0.664. The van der Waals surface area contributed by atoms with Crippen molar-refractivity contribution < 1.29 is 4.79 Å². The Bertz CT molecular complexity index is 168. The molecule has 1 aliphatic heterocycles. The summed E-state index contributed by atoms with van der Waals surface area (Å²) in [6.45, 7) is 5.24. The molecule has 0 aromatic carbocycles. The van der Waals surface area contributed by atoms with Crippen molar-refractivity contribution >= 4 is 5.91 Å². The molecule has 0 aliphatic carbocycles. The van der Waals surface area contributed by atoms with Crippen LogP contribution in [-0.4, -0.2) is 29.4 Å². The van der Waals surface area contributed by atoms with E-state index < -0.39 is 0 Å². The summed E-state index contributed by atoms with van der Waals surface area (Å²) in [5, 5.41) is 0. The fraction of sp³-hybridized carbons (Fsp3) is 0.889. The lowest BCUT2D eigenvalue weighted by Gasteiger charge is -2.36. The summed E-state index contributed by atoms with van der Waals surface area (Å²) in [6.07, 6.45) is 3.27. The number of carbonyl (C=O) groups is 1. The van der Waals surface area contributed by atoms with E-state index in [1.807, 2.05) is 0 Å². The largest absolute Gasteiger partial charge is 0.368 e. The van der Waals surface area contributed by atoms with Gasteiger partial charge in [0.2, 0.25) is 5.91 Å². The lowest BCUT2D eigenvalue weighted by atomic mass is 10.00. The van der Waals surface area contributed by atoms with E-state index in [4.69, 9.17) is 5.73 Å². The molecule has 1 atom stereocenters. The first-order chi connectivity index (χ1) is 5.63. The van der Waals surface area contributed by atoms with Crippen molar-refractivity contribution in [2.24, 2.45) is 5.73 Å². The molecule has 1 rings (SSSR count). The van der Waals surface area contributed by atoms with Crippen LogP contribution in [0.1, 0.15) is 33.1 Å². The van der Waals surface area contributed by atoms with Crippen molar-refractivity contribution in [2.45, 2.75) is 45.2 Å². The minimum atomic E-state index is -0.164. The molecule has 0 bridgehead atoms. The lowest BCUT2D eigenvalue weighted by Crippen LogP contribution is -2.50. The van der Waals surface area contributed by atoms with E-state index in [2.05, 4.69) is 18.7 Å². The van der Waals surface area contributed by atoms with E-state index in [1.54, 1.807) is 0 Å². The zero-order valence-electron chi connectivity index (χ0n) is 7.92. The third-order valence-electron chi connectivity index (χ3n) is 2.54. The van der Waals surface area contributed by atoms with Crippen molar-refractivity contribution in [3.63, 3.8) is 0 Å². The van der Waals surface area contributed by atoms with Gasteiger partial charge in [0.15, 0.2) is 0 Å². The highest BCUT2D eigenvalue weighted by Gasteiger charge is 2.28. The molecule has 0 unspecified atom stereocenters. The molecule has 2 N–H and O–H groups in total. The molecule has 1 amide bonds. The second-order valence-corrected chi connectivity index (χ2v) is 3.75. The number of rotatable bonds is 2. The van der Waals surface area contributed by atoms with Gasteiger partial charge in [0.05, 0.1) is 6.04 Å². The second kappa shape index (κ2) is 3.90. The highest BCUT2D eigenvalue weighted by molar-refractivity contribution is 5.79. The maximum Gasteiger partial charge on any atom is 0.234 e. The van der Waals surface area contributed by atoms with Crippen LogP contribution in [0.15, 0.2) is 0 Å². The summed E-state index contributed by atoms with van der Waals surface area (Å²) in [6, 6.07) is 0.418. The summed E-state index contributed by atoms with van der Waals surface area (Å²) >= 11 is 0. The standard InChI is InChI=1S/C9H18N2O/c1-7(2)11-6-4-3-5-8(11)9(10)12/h7-8H,3-6H2,1-2H3,(H2,10,12)/t8-/m1/s1. The predicted molar refractivity (Wildman–Crippen MR) is 48.7 cm³/mol. The molecular weight excluding hydrogens is 152 g/mol. The molecule has 1 saturated heterocycles. The lowest BCUT2D eigenvalue weighted by molar-refractivity contribution is -0.125.